The number of allylic oxidation sites excluding steroid dienone is 2. The van der Waals surface area contributed by atoms with E-state index in [9.17, 15) is 0 Å². The maximum atomic E-state index is 6.09. The summed E-state index contributed by atoms with van der Waals surface area (Å²) in [4.78, 5) is 1.92. The smallest absolute Gasteiger partial charge is 0.120 e. The van der Waals surface area contributed by atoms with E-state index in [0.717, 1.165) is 22.6 Å². The molecule has 3 heteroatoms. The first-order valence-corrected chi connectivity index (χ1v) is 5.47. The summed E-state index contributed by atoms with van der Waals surface area (Å²) in [5, 5.41) is 0. The van der Waals surface area contributed by atoms with Gasteiger partial charge in [0.05, 0.1) is 7.11 Å². The van der Waals surface area contributed by atoms with Crippen LogP contribution in [0.3, 0.4) is 0 Å². The van der Waals surface area contributed by atoms with Gasteiger partial charge in [-0.3, -0.25) is 0 Å². The molecule has 0 saturated heterocycles. The lowest BCUT2D eigenvalue weighted by Gasteiger charge is -2.22. The van der Waals surface area contributed by atoms with Crippen LogP contribution < -0.4 is 15.4 Å². The van der Waals surface area contributed by atoms with Crippen molar-refractivity contribution in [2.24, 2.45) is 5.73 Å². The Morgan fingerprint density at radius 2 is 1.94 bits per heavy atom. The molecular weight excluding hydrogens is 224 g/mol. The first kappa shape index (κ1) is 16.1. The minimum absolute atomic E-state index is 0. The molecule has 1 rings (SSSR count). The van der Waals surface area contributed by atoms with Crippen LogP contribution in [0, 0.1) is 0 Å². The minimum Gasteiger partial charge on any atom is -0.497 e. The molecule has 0 aliphatic rings. The summed E-state index contributed by atoms with van der Waals surface area (Å²) in [6, 6.07) is 7.77. The molecule has 0 aliphatic carbocycles. The van der Waals surface area contributed by atoms with Gasteiger partial charge >= 0.3 is 0 Å². The molecule has 1 aromatic rings. The maximum Gasteiger partial charge on any atom is 0.120 e. The number of hydrogen-bond acceptors (Lipinski definition) is 3. The molecule has 0 bridgehead atoms. The van der Waals surface area contributed by atoms with Gasteiger partial charge in [0, 0.05) is 18.8 Å². The molecule has 3 nitrogen and oxygen atoms in total. The molecule has 0 spiro atoms. The van der Waals surface area contributed by atoms with Gasteiger partial charge in [0.15, 0.2) is 0 Å². The predicted octanol–water partition coefficient (Wildman–Crippen LogP) is 3.53. The molecule has 100 valence electrons. The van der Waals surface area contributed by atoms with Crippen molar-refractivity contribution < 1.29 is 4.74 Å². The zero-order valence-electron chi connectivity index (χ0n) is 10.9. The van der Waals surface area contributed by atoms with E-state index in [2.05, 4.69) is 6.58 Å². The van der Waals surface area contributed by atoms with E-state index in [1.807, 2.05) is 50.1 Å². The van der Waals surface area contributed by atoms with Crippen molar-refractivity contribution in [1.82, 2.24) is 0 Å². The SMILES string of the molecule is C.C=C(C)/C(C)=C(/N)N(C)c1cccc(OC)c1. The zero-order valence-corrected chi connectivity index (χ0v) is 10.9. The van der Waals surface area contributed by atoms with Crippen LogP contribution in [0.5, 0.6) is 5.75 Å². The highest BCUT2D eigenvalue weighted by molar-refractivity contribution is 5.55. The number of hydrogen-bond donors (Lipinski definition) is 1. The van der Waals surface area contributed by atoms with Gasteiger partial charge in [0.2, 0.25) is 0 Å². The minimum atomic E-state index is 0. The summed E-state index contributed by atoms with van der Waals surface area (Å²) in [5.41, 5.74) is 9.04. The van der Waals surface area contributed by atoms with Crippen molar-refractivity contribution >= 4 is 5.69 Å². The van der Waals surface area contributed by atoms with Gasteiger partial charge in [-0.05, 0) is 31.6 Å². The number of nitrogens with zero attached hydrogens (tertiary/aromatic N) is 1. The van der Waals surface area contributed by atoms with Crippen LogP contribution >= 0.6 is 0 Å². The molecule has 0 atom stereocenters. The maximum absolute atomic E-state index is 6.09. The Labute approximate surface area is 111 Å². The van der Waals surface area contributed by atoms with Gasteiger partial charge in [-0.15, -0.1) is 0 Å². The van der Waals surface area contributed by atoms with Gasteiger partial charge in [0.1, 0.15) is 11.6 Å². The van der Waals surface area contributed by atoms with E-state index in [4.69, 9.17) is 10.5 Å². The summed E-state index contributed by atoms with van der Waals surface area (Å²) >= 11 is 0. The summed E-state index contributed by atoms with van der Waals surface area (Å²) in [6.07, 6.45) is 0. The van der Waals surface area contributed by atoms with Crippen molar-refractivity contribution in [2.45, 2.75) is 21.3 Å². The molecule has 0 heterocycles. The number of ether oxygens (including phenoxy) is 1. The summed E-state index contributed by atoms with van der Waals surface area (Å²) in [5.74, 6) is 1.51. The number of benzene rings is 1. The van der Waals surface area contributed by atoms with E-state index in [-0.39, 0.29) is 7.43 Å². The lowest BCUT2D eigenvalue weighted by atomic mass is 10.1. The second-order valence-corrected chi connectivity index (χ2v) is 4.05. The van der Waals surface area contributed by atoms with Crippen molar-refractivity contribution in [3.8, 4) is 5.75 Å². The van der Waals surface area contributed by atoms with E-state index in [0.29, 0.717) is 5.82 Å². The molecule has 0 radical (unpaired) electrons. The normalized spacial score (nSPS) is 11.1. The highest BCUT2D eigenvalue weighted by Gasteiger charge is 2.08. The van der Waals surface area contributed by atoms with Crippen molar-refractivity contribution in [1.29, 1.82) is 0 Å². The third kappa shape index (κ3) is 3.55. The summed E-state index contributed by atoms with van der Waals surface area (Å²) in [7, 11) is 3.58. The Kier molecular flexibility index (Phi) is 6.03. The average molecular weight is 248 g/mol. The van der Waals surface area contributed by atoms with Gasteiger partial charge in [-0.25, -0.2) is 0 Å². The molecule has 0 unspecified atom stereocenters. The van der Waals surface area contributed by atoms with Crippen LogP contribution in [0.4, 0.5) is 5.69 Å². The Balaban J connectivity index is 0.00000289. The standard InChI is InChI=1S/C14H20N2O.CH4/c1-10(2)11(3)14(15)16(4)12-7-6-8-13(9-12)17-5;/h6-9H,1,15H2,2-5H3;1H4/b14-11-;. The van der Waals surface area contributed by atoms with Gasteiger partial charge in [0.25, 0.3) is 0 Å². The number of rotatable bonds is 4. The second-order valence-electron chi connectivity index (χ2n) is 4.05. The van der Waals surface area contributed by atoms with Crippen molar-refractivity contribution in [3.05, 3.63) is 47.8 Å². The van der Waals surface area contributed by atoms with Gasteiger partial charge in [-0.1, -0.05) is 25.6 Å². The lowest BCUT2D eigenvalue weighted by molar-refractivity contribution is 0.415. The topological polar surface area (TPSA) is 38.5 Å². The summed E-state index contributed by atoms with van der Waals surface area (Å²) in [6.45, 7) is 7.81. The first-order chi connectivity index (χ1) is 7.97. The molecule has 0 aliphatic heterocycles. The van der Waals surface area contributed by atoms with Crippen LogP contribution in [0.25, 0.3) is 0 Å². The highest BCUT2D eigenvalue weighted by Crippen LogP contribution is 2.23. The van der Waals surface area contributed by atoms with E-state index < -0.39 is 0 Å². The highest BCUT2D eigenvalue weighted by atomic mass is 16.5. The van der Waals surface area contributed by atoms with E-state index in [1.54, 1.807) is 7.11 Å². The Morgan fingerprint density at radius 3 is 2.44 bits per heavy atom. The zero-order chi connectivity index (χ0) is 13.0. The monoisotopic (exact) mass is 248 g/mol. The van der Waals surface area contributed by atoms with Gasteiger partial charge in [-0.2, -0.15) is 0 Å². The third-order valence-electron chi connectivity index (χ3n) is 2.83. The Hall–Kier alpha value is -1.90. The number of nitrogens with two attached hydrogens (primary N) is 1. The fourth-order valence-corrected chi connectivity index (χ4v) is 1.43. The fourth-order valence-electron chi connectivity index (χ4n) is 1.43. The second kappa shape index (κ2) is 6.74. The number of anilines is 1. The molecule has 1 aromatic carbocycles. The fraction of sp³-hybridized carbons (Fsp3) is 0.333. The van der Waals surface area contributed by atoms with E-state index in [1.165, 1.54) is 0 Å². The molecule has 18 heavy (non-hydrogen) atoms. The quantitative estimate of drug-likeness (QED) is 0.828. The summed E-state index contributed by atoms with van der Waals surface area (Å²) < 4.78 is 5.19. The van der Waals surface area contributed by atoms with Crippen molar-refractivity contribution in [3.63, 3.8) is 0 Å². The van der Waals surface area contributed by atoms with Crippen LogP contribution in [-0.4, -0.2) is 14.2 Å². The lowest BCUT2D eigenvalue weighted by Crippen LogP contribution is -2.24. The Morgan fingerprint density at radius 1 is 1.33 bits per heavy atom. The van der Waals surface area contributed by atoms with Crippen LogP contribution in [0.2, 0.25) is 0 Å². The van der Waals surface area contributed by atoms with Crippen LogP contribution in [0.1, 0.15) is 21.3 Å². The van der Waals surface area contributed by atoms with Crippen LogP contribution in [0.15, 0.2) is 47.8 Å². The molecule has 0 aromatic heterocycles. The largest absolute Gasteiger partial charge is 0.497 e. The predicted molar refractivity (Wildman–Crippen MR) is 79.8 cm³/mol. The average Bonchev–Trinajstić information content (AvgIpc) is 2.36. The van der Waals surface area contributed by atoms with Crippen molar-refractivity contribution in [2.75, 3.05) is 19.1 Å². The molecule has 0 saturated carbocycles. The molecular formula is C15H24N2O. The van der Waals surface area contributed by atoms with Crippen LogP contribution in [-0.2, 0) is 0 Å². The molecule has 0 fully saturated rings. The molecule has 2 N–H and O–H groups in total. The van der Waals surface area contributed by atoms with E-state index >= 15 is 0 Å². The van der Waals surface area contributed by atoms with Gasteiger partial charge < -0.3 is 15.4 Å². The number of methoxy groups -OCH3 is 1. The molecule has 0 amide bonds. The Bertz CT molecular complexity index is 450. The third-order valence-corrected chi connectivity index (χ3v) is 2.83. The first-order valence-electron chi connectivity index (χ1n) is 5.47.